The fraction of sp³-hybridized carbons (Fsp3) is 0.250. The van der Waals surface area contributed by atoms with E-state index in [2.05, 4.69) is 0 Å². The highest BCUT2D eigenvalue weighted by molar-refractivity contribution is 8.15. The molecule has 0 amide bonds. The van der Waals surface area contributed by atoms with Crippen LogP contribution in [0.5, 0.6) is 0 Å². The second kappa shape index (κ2) is 4.23. The SMILES string of the molecule is CC(=O)C(F)SC(=O)c1ccco1. The van der Waals surface area contributed by atoms with Gasteiger partial charge in [0.25, 0.3) is 5.12 Å². The highest BCUT2D eigenvalue weighted by atomic mass is 32.2. The summed E-state index contributed by atoms with van der Waals surface area (Å²) in [5.41, 5.74) is -1.81. The molecule has 3 nitrogen and oxygen atoms in total. The van der Waals surface area contributed by atoms with Crippen LogP contribution in [-0.2, 0) is 4.79 Å². The van der Waals surface area contributed by atoms with Crippen LogP contribution in [0.3, 0.4) is 0 Å². The number of Topliss-reactive ketones (excluding diaryl/α,β-unsaturated/α-hetero) is 1. The van der Waals surface area contributed by atoms with Crippen molar-refractivity contribution in [2.45, 2.75) is 12.4 Å². The first-order chi connectivity index (χ1) is 6.11. The first-order valence-corrected chi connectivity index (χ1v) is 4.38. The van der Waals surface area contributed by atoms with Crippen LogP contribution in [0.15, 0.2) is 22.8 Å². The molecular weight excluding hydrogens is 195 g/mol. The van der Waals surface area contributed by atoms with Crippen LogP contribution in [-0.4, -0.2) is 16.4 Å². The molecule has 0 aliphatic rings. The van der Waals surface area contributed by atoms with Gasteiger partial charge in [-0.15, -0.1) is 0 Å². The average Bonchev–Trinajstić information content (AvgIpc) is 2.55. The summed E-state index contributed by atoms with van der Waals surface area (Å²) in [5, 5.41) is -0.576. The molecule has 5 heteroatoms. The molecule has 0 bridgehead atoms. The first kappa shape index (κ1) is 9.98. The van der Waals surface area contributed by atoms with E-state index >= 15 is 0 Å². The van der Waals surface area contributed by atoms with Gasteiger partial charge < -0.3 is 4.42 Å². The minimum Gasteiger partial charge on any atom is -0.460 e. The van der Waals surface area contributed by atoms with Crippen molar-refractivity contribution < 1.29 is 18.4 Å². The largest absolute Gasteiger partial charge is 0.460 e. The van der Waals surface area contributed by atoms with Crippen molar-refractivity contribution in [1.29, 1.82) is 0 Å². The summed E-state index contributed by atoms with van der Waals surface area (Å²) in [5.74, 6) is -0.626. The van der Waals surface area contributed by atoms with Gasteiger partial charge in [-0.1, -0.05) is 0 Å². The molecule has 0 aliphatic heterocycles. The van der Waals surface area contributed by atoms with Gasteiger partial charge in [0.15, 0.2) is 11.5 Å². The highest BCUT2D eigenvalue weighted by Crippen LogP contribution is 2.19. The Morgan fingerprint density at radius 3 is 2.77 bits per heavy atom. The number of furan rings is 1. The Kier molecular flexibility index (Phi) is 3.25. The Morgan fingerprint density at radius 2 is 2.31 bits per heavy atom. The molecular formula is C8H7FO3S. The predicted molar refractivity (Wildman–Crippen MR) is 46.2 cm³/mol. The standard InChI is InChI=1S/C8H7FO3S/c1-5(10)7(9)13-8(11)6-3-2-4-12-6/h2-4,7H,1H3. The predicted octanol–water partition coefficient (Wildman–Crippen LogP) is 2.04. The number of carbonyl (C=O) groups is 2. The molecule has 70 valence electrons. The number of ketones is 1. The minimum atomic E-state index is -1.81. The topological polar surface area (TPSA) is 47.3 Å². The Bertz CT molecular complexity index is 307. The summed E-state index contributed by atoms with van der Waals surface area (Å²) in [7, 11) is 0. The molecule has 0 N–H and O–H groups in total. The molecule has 0 saturated carbocycles. The first-order valence-electron chi connectivity index (χ1n) is 3.50. The second-order valence-electron chi connectivity index (χ2n) is 2.31. The lowest BCUT2D eigenvalue weighted by Gasteiger charge is -1.99. The summed E-state index contributed by atoms with van der Waals surface area (Å²) in [6.07, 6.45) is 1.31. The van der Waals surface area contributed by atoms with E-state index in [1.165, 1.54) is 18.4 Å². The third-order valence-corrected chi connectivity index (χ3v) is 2.21. The molecule has 0 aliphatic carbocycles. The van der Waals surface area contributed by atoms with Gasteiger partial charge in [-0.25, -0.2) is 4.39 Å². The Morgan fingerprint density at radius 1 is 1.62 bits per heavy atom. The molecule has 1 heterocycles. The molecule has 1 unspecified atom stereocenters. The lowest BCUT2D eigenvalue weighted by atomic mass is 10.5. The van der Waals surface area contributed by atoms with Gasteiger partial charge in [0.2, 0.25) is 5.50 Å². The van der Waals surface area contributed by atoms with Crippen molar-refractivity contribution in [1.82, 2.24) is 0 Å². The van der Waals surface area contributed by atoms with Crippen LogP contribution in [0, 0.1) is 0 Å². The van der Waals surface area contributed by atoms with Crippen molar-refractivity contribution in [3.63, 3.8) is 0 Å². The maximum atomic E-state index is 12.7. The van der Waals surface area contributed by atoms with Crippen molar-refractivity contribution in [3.05, 3.63) is 24.2 Å². The van der Waals surface area contributed by atoms with E-state index in [-0.39, 0.29) is 5.76 Å². The third kappa shape index (κ3) is 2.69. The number of hydrogen-bond donors (Lipinski definition) is 0. The Balaban J connectivity index is 2.56. The van der Waals surface area contributed by atoms with Gasteiger partial charge in [0, 0.05) is 0 Å². The summed E-state index contributed by atoms with van der Waals surface area (Å²) in [4.78, 5) is 21.6. The maximum absolute atomic E-state index is 12.7. The molecule has 0 fully saturated rings. The van der Waals surface area contributed by atoms with Crippen LogP contribution in [0.4, 0.5) is 4.39 Å². The van der Waals surface area contributed by atoms with E-state index in [1.807, 2.05) is 0 Å². The lowest BCUT2D eigenvalue weighted by molar-refractivity contribution is -0.118. The number of rotatable bonds is 3. The number of hydrogen-bond acceptors (Lipinski definition) is 4. The quantitative estimate of drug-likeness (QED) is 0.752. The molecule has 1 aromatic heterocycles. The monoisotopic (exact) mass is 202 g/mol. The summed E-state index contributed by atoms with van der Waals surface area (Å²) < 4.78 is 17.4. The smallest absolute Gasteiger partial charge is 0.257 e. The number of halogens is 1. The van der Waals surface area contributed by atoms with Gasteiger partial charge in [-0.05, 0) is 30.8 Å². The third-order valence-electron chi connectivity index (χ3n) is 1.25. The zero-order valence-electron chi connectivity index (χ0n) is 6.82. The van der Waals surface area contributed by atoms with E-state index in [4.69, 9.17) is 4.42 Å². The van der Waals surface area contributed by atoms with Gasteiger partial charge >= 0.3 is 0 Å². The van der Waals surface area contributed by atoms with Crippen LogP contribution < -0.4 is 0 Å². The van der Waals surface area contributed by atoms with Gasteiger partial charge in [0.05, 0.1) is 6.26 Å². The molecule has 0 radical (unpaired) electrons. The molecule has 0 saturated heterocycles. The number of thioether (sulfide) groups is 1. The number of alkyl halides is 1. The van der Waals surface area contributed by atoms with E-state index in [0.717, 1.165) is 6.92 Å². The van der Waals surface area contributed by atoms with E-state index in [0.29, 0.717) is 11.8 Å². The average molecular weight is 202 g/mol. The normalized spacial score (nSPS) is 12.5. The van der Waals surface area contributed by atoms with Crippen LogP contribution >= 0.6 is 11.8 Å². The van der Waals surface area contributed by atoms with E-state index in [9.17, 15) is 14.0 Å². The number of carbonyl (C=O) groups excluding carboxylic acids is 2. The summed E-state index contributed by atoms with van der Waals surface area (Å²) >= 11 is 0.317. The summed E-state index contributed by atoms with van der Waals surface area (Å²) in [6, 6.07) is 2.94. The zero-order chi connectivity index (χ0) is 9.84. The van der Waals surface area contributed by atoms with Gasteiger partial charge in [-0.3, -0.25) is 9.59 Å². The molecule has 0 aromatic carbocycles. The molecule has 1 rings (SSSR count). The fourth-order valence-corrected chi connectivity index (χ4v) is 1.22. The molecule has 13 heavy (non-hydrogen) atoms. The highest BCUT2D eigenvalue weighted by Gasteiger charge is 2.20. The molecule has 1 atom stereocenters. The van der Waals surface area contributed by atoms with Crippen molar-refractivity contribution in [2.24, 2.45) is 0 Å². The van der Waals surface area contributed by atoms with Gasteiger partial charge in [0.1, 0.15) is 0 Å². The van der Waals surface area contributed by atoms with E-state index < -0.39 is 16.4 Å². The molecule has 1 aromatic rings. The van der Waals surface area contributed by atoms with E-state index in [1.54, 1.807) is 0 Å². The zero-order valence-corrected chi connectivity index (χ0v) is 7.64. The summed E-state index contributed by atoms with van der Waals surface area (Å²) in [6.45, 7) is 1.09. The Hall–Kier alpha value is -1.10. The van der Waals surface area contributed by atoms with Crippen LogP contribution in [0.1, 0.15) is 17.5 Å². The Labute approximate surface area is 78.3 Å². The van der Waals surface area contributed by atoms with Crippen molar-refractivity contribution >= 4 is 22.7 Å². The lowest BCUT2D eigenvalue weighted by Crippen LogP contribution is -2.09. The van der Waals surface area contributed by atoms with Crippen molar-refractivity contribution in [3.8, 4) is 0 Å². The van der Waals surface area contributed by atoms with Crippen LogP contribution in [0.2, 0.25) is 0 Å². The maximum Gasteiger partial charge on any atom is 0.257 e. The van der Waals surface area contributed by atoms with Crippen molar-refractivity contribution in [2.75, 3.05) is 0 Å². The molecule has 0 spiro atoms. The fourth-order valence-electron chi connectivity index (χ4n) is 0.630. The van der Waals surface area contributed by atoms with Gasteiger partial charge in [-0.2, -0.15) is 0 Å². The minimum absolute atomic E-state index is 0.0499. The van der Waals surface area contributed by atoms with Crippen LogP contribution in [0.25, 0.3) is 0 Å². The second-order valence-corrected chi connectivity index (χ2v) is 3.33.